The smallest absolute Gasteiger partial charge is 0.0719 e. The van der Waals surface area contributed by atoms with Crippen molar-refractivity contribution in [1.29, 1.82) is 0 Å². The topological polar surface area (TPSA) is 8.17 Å². The Morgan fingerprint density at radius 2 is 1.24 bits per heavy atom. The van der Waals surface area contributed by atoms with Gasteiger partial charge in [-0.15, -0.1) is 11.3 Å². The monoisotopic (exact) mass is 668 g/mol. The Morgan fingerprint density at radius 3 is 2.12 bits per heavy atom. The van der Waals surface area contributed by atoms with Gasteiger partial charge >= 0.3 is 0 Å². The van der Waals surface area contributed by atoms with Gasteiger partial charge in [0.05, 0.1) is 21.4 Å². The summed E-state index contributed by atoms with van der Waals surface area (Å²) in [5.41, 5.74) is 12.6. The molecule has 0 spiro atoms. The van der Waals surface area contributed by atoms with E-state index in [1.54, 1.807) is 0 Å². The lowest BCUT2D eigenvalue weighted by Crippen LogP contribution is -2.11. The number of hydrogen-bond acceptors (Lipinski definition) is 2. The van der Waals surface area contributed by atoms with E-state index < -0.39 is 0 Å². The average Bonchev–Trinajstić information content (AvgIpc) is 3.73. The third-order valence-corrected chi connectivity index (χ3v) is 11.3. The quantitative estimate of drug-likeness (QED) is 0.181. The van der Waals surface area contributed by atoms with Gasteiger partial charge in [-0.05, 0) is 88.5 Å². The Bertz CT molecular complexity index is 2870. The minimum Gasteiger partial charge on any atom is -0.317 e. The third kappa shape index (κ3) is 4.85. The minimum absolute atomic E-state index is 0.984. The fraction of sp³-hybridized carbons (Fsp3) is 0. The maximum Gasteiger partial charge on any atom is 0.0719 e. The number of hydrogen-bond donors (Lipinski definition) is 0. The highest BCUT2D eigenvalue weighted by atomic mass is 32.1. The molecule has 0 saturated heterocycles. The second-order valence-corrected chi connectivity index (χ2v) is 14.1. The molecule has 7 aromatic carbocycles. The molecular formula is C48H32N2S. The summed E-state index contributed by atoms with van der Waals surface area (Å²) in [5, 5.41) is 5.09. The molecule has 0 unspecified atom stereocenters. The molecule has 0 atom stereocenters. The fourth-order valence-electron chi connectivity index (χ4n) is 7.68. The lowest BCUT2D eigenvalue weighted by molar-refractivity contribution is 1.19. The fourth-order valence-corrected chi connectivity index (χ4v) is 8.92. The number of thiophene rings is 1. The highest BCUT2D eigenvalue weighted by molar-refractivity contribution is 7.26. The Hall–Kier alpha value is -6.42. The molecule has 0 amide bonds. The van der Waals surface area contributed by atoms with E-state index in [-0.39, 0.29) is 0 Å². The largest absolute Gasteiger partial charge is 0.317 e. The molecule has 2 nitrogen and oxygen atoms in total. The minimum atomic E-state index is 0.984. The second-order valence-electron chi connectivity index (χ2n) is 13.1. The molecule has 0 fully saturated rings. The van der Waals surface area contributed by atoms with Gasteiger partial charge in [0, 0.05) is 49.4 Å². The number of anilines is 2. The Morgan fingerprint density at radius 1 is 0.510 bits per heavy atom. The molecule has 3 heterocycles. The molecule has 0 bridgehead atoms. The van der Waals surface area contributed by atoms with Gasteiger partial charge in [0.15, 0.2) is 0 Å². The lowest BCUT2D eigenvalue weighted by atomic mass is 9.95. The predicted molar refractivity (Wildman–Crippen MR) is 220 cm³/mol. The van der Waals surface area contributed by atoms with Crippen LogP contribution in [0.3, 0.4) is 0 Å². The summed E-state index contributed by atoms with van der Waals surface area (Å²) in [6.07, 6.45) is 6.64. The zero-order valence-electron chi connectivity index (χ0n) is 27.8. The van der Waals surface area contributed by atoms with Crippen LogP contribution in [0.5, 0.6) is 0 Å². The zero-order chi connectivity index (χ0) is 33.9. The highest BCUT2D eigenvalue weighted by Crippen LogP contribution is 2.44. The molecule has 1 aliphatic rings. The van der Waals surface area contributed by atoms with Gasteiger partial charge < -0.3 is 9.47 Å². The van der Waals surface area contributed by atoms with Crippen molar-refractivity contribution in [3.05, 3.63) is 200 Å². The van der Waals surface area contributed by atoms with Crippen molar-refractivity contribution in [3.63, 3.8) is 0 Å². The predicted octanol–water partition coefficient (Wildman–Crippen LogP) is 13.6. The van der Waals surface area contributed by atoms with Crippen LogP contribution in [0, 0.1) is 0 Å². The maximum atomic E-state index is 4.57. The van der Waals surface area contributed by atoms with Crippen LogP contribution < -0.4 is 4.90 Å². The molecule has 0 aliphatic carbocycles. The van der Waals surface area contributed by atoms with Crippen molar-refractivity contribution in [2.75, 3.05) is 4.90 Å². The second kappa shape index (κ2) is 11.9. The molecule has 2 aromatic heterocycles. The summed E-state index contributed by atoms with van der Waals surface area (Å²) >= 11 is 1.88. The first-order valence-electron chi connectivity index (χ1n) is 17.3. The summed E-state index contributed by atoms with van der Waals surface area (Å²) in [5.74, 6) is 0. The van der Waals surface area contributed by atoms with Gasteiger partial charge in [0.2, 0.25) is 0 Å². The molecule has 10 rings (SSSR count). The van der Waals surface area contributed by atoms with Crippen molar-refractivity contribution in [3.8, 4) is 16.8 Å². The standard InChI is InChI=1S/C48H32N2S/c1-32-29-36(27-28-49(37-16-6-3-7-17-37)44-21-10-8-19-39(32)44)35-23-26-45-43(31-35)41-24-25-42-40-20-9-11-22-46(40)51-48(42)47(41)50(45)38-18-12-15-34(30-38)33-13-4-2-5-14-33/h2-31H,1H2/b28-27-,36-29+. The number of nitrogens with zero attached hydrogens (tertiary/aromatic N) is 2. The molecule has 240 valence electrons. The molecule has 0 N–H and O–H groups in total. The highest BCUT2D eigenvalue weighted by Gasteiger charge is 2.20. The summed E-state index contributed by atoms with van der Waals surface area (Å²) in [6.45, 7) is 4.57. The first-order valence-corrected chi connectivity index (χ1v) is 18.1. The number of benzene rings is 7. The number of para-hydroxylation sites is 2. The lowest BCUT2D eigenvalue weighted by Gasteiger charge is -2.26. The van der Waals surface area contributed by atoms with E-state index in [1.807, 2.05) is 11.3 Å². The van der Waals surface area contributed by atoms with Crippen LogP contribution in [0.4, 0.5) is 11.4 Å². The molecule has 3 heteroatoms. The SMILES string of the molecule is C=C1/C=C(c2ccc3c(c2)c2ccc4c5ccccc5sc4c2n3-c2cccc(-c3ccccc3)c2)\C=C/N(c2ccccc2)c2ccccc21. The Kier molecular flexibility index (Phi) is 6.87. The number of fused-ring (bicyclic) bond motifs is 8. The van der Waals surface area contributed by atoms with Crippen molar-refractivity contribution in [2.24, 2.45) is 0 Å². The van der Waals surface area contributed by atoms with Crippen molar-refractivity contribution in [2.45, 2.75) is 0 Å². The number of aromatic nitrogens is 1. The maximum absolute atomic E-state index is 4.57. The van der Waals surface area contributed by atoms with Gasteiger partial charge in [0.25, 0.3) is 0 Å². The van der Waals surface area contributed by atoms with Gasteiger partial charge in [-0.3, -0.25) is 0 Å². The molecule has 0 saturated carbocycles. The van der Waals surface area contributed by atoms with E-state index >= 15 is 0 Å². The third-order valence-electron chi connectivity index (χ3n) is 10.1. The van der Waals surface area contributed by atoms with Crippen molar-refractivity contribution >= 4 is 75.8 Å². The summed E-state index contributed by atoms with van der Waals surface area (Å²) in [4.78, 5) is 2.26. The normalized spacial score (nSPS) is 14.8. The van der Waals surface area contributed by atoms with E-state index in [1.165, 1.54) is 53.1 Å². The molecule has 9 aromatic rings. The van der Waals surface area contributed by atoms with Gasteiger partial charge in [-0.1, -0.05) is 122 Å². The van der Waals surface area contributed by atoms with Gasteiger partial charge in [-0.25, -0.2) is 0 Å². The van der Waals surface area contributed by atoms with Crippen LogP contribution in [0.25, 0.3) is 69.9 Å². The molecular weight excluding hydrogens is 637 g/mol. The van der Waals surface area contributed by atoms with E-state index in [0.717, 1.165) is 39.3 Å². The Balaban J connectivity index is 1.21. The summed E-state index contributed by atoms with van der Waals surface area (Å²) in [7, 11) is 0. The molecule has 0 radical (unpaired) electrons. The van der Waals surface area contributed by atoms with Crippen LogP contribution in [0.2, 0.25) is 0 Å². The van der Waals surface area contributed by atoms with E-state index in [2.05, 4.69) is 198 Å². The Labute approximate surface area is 300 Å². The summed E-state index contributed by atoms with van der Waals surface area (Å²) < 4.78 is 5.10. The molecule has 1 aliphatic heterocycles. The van der Waals surface area contributed by atoms with Crippen molar-refractivity contribution in [1.82, 2.24) is 4.57 Å². The van der Waals surface area contributed by atoms with Crippen LogP contribution in [-0.4, -0.2) is 4.57 Å². The summed E-state index contributed by atoms with van der Waals surface area (Å²) in [6, 6.07) is 59.0. The van der Waals surface area contributed by atoms with Crippen LogP contribution in [0.1, 0.15) is 11.1 Å². The number of rotatable bonds is 4. The van der Waals surface area contributed by atoms with Crippen LogP contribution in [0.15, 0.2) is 189 Å². The van der Waals surface area contributed by atoms with E-state index in [9.17, 15) is 0 Å². The average molecular weight is 669 g/mol. The van der Waals surface area contributed by atoms with Gasteiger partial charge in [0.1, 0.15) is 0 Å². The zero-order valence-corrected chi connectivity index (χ0v) is 28.6. The molecule has 51 heavy (non-hydrogen) atoms. The number of allylic oxidation sites excluding steroid dienone is 4. The van der Waals surface area contributed by atoms with Crippen molar-refractivity contribution < 1.29 is 0 Å². The van der Waals surface area contributed by atoms with Crippen LogP contribution >= 0.6 is 11.3 Å². The van der Waals surface area contributed by atoms with E-state index in [4.69, 9.17) is 0 Å². The first-order chi connectivity index (χ1) is 25.2. The first kappa shape index (κ1) is 29.5. The van der Waals surface area contributed by atoms with E-state index in [0.29, 0.717) is 0 Å². The van der Waals surface area contributed by atoms with Gasteiger partial charge in [-0.2, -0.15) is 0 Å². The van der Waals surface area contributed by atoms with Crippen LogP contribution in [-0.2, 0) is 0 Å².